The summed E-state index contributed by atoms with van der Waals surface area (Å²) in [6.45, 7) is 3.63. The summed E-state index contributed by atoms with van der Waals surface area (Å²) in [7, 11) is 0. The largest absolute Gasteiger partial charge is 0.356 e. The first-order valence-electron chi connectivity index (χ1n) is 10.3. The van der Waals surface area contributed by atoms with Crippen molar-refractivity contribution < 1.29 is 4.79 Å². The molecule has 2 heterocycles. The van der Waals surface area contributed by atoms with Crippen molar-refractivity contribution >= 4 is 23.1 Å². The molecule has 1 aliphatic rings. The first kappa shape index (κ1) is 19.1. The fourth-order valence-corrected chi connectivity index (χ4v) is 3.61. The molecular weight excluding hydrogens is 360 g/mol. The summed E-state index contributed by atoms with van der Waals surface area (Å²) in [5.41, 5.74) is 2.60. The van der Waals surface area contributed by atoms with Gasteiger partial charge in [-0.3, -0.25) is 4.79 Å². The average molecular weight is 386 g/mol. The van der Waals surface area contributed by atoms with Crippen LogP contribution in [0.25, 0.3) is 11.4 Å². The average Bonchev–Trinajstić information content (AvgIpc) is 3.04. The maximum Gasteiger partial charge on any atom is 0.163 e. The van der Waals surface area contributed by atoms with Crippen LogP contribution in [0.15, 0.2) is 60.7 Å². The summed E-state index contributed by atoms with van der Waals surface area (Å²) in [6, 6.07) is 19.6. The highest BCUT2D eigenvalue weighted by Crippen LogP contribution is 2.26. The number of nitrogens with one attached hydrogen (secondary N) is 1. The van der Waals surface area contributed by atoms with Crippen LogP contribution in [-0.4, -0.2) is 28.8 Å². The van der Waals surface area contributed by atoms with Gasteiger partial charge >= 0.3 is 0 Å². The van der Waals surface area contributed by atoms with E-state index in [1.165, 1.54) is 25.7 Å². The molecule has 4 rings (SSSR count). The van der Waals surface area contributed by atoms with Crippen LogP contribution in [-0.2, 0) is 0 Å². The molecule has 0 radical (unpaired) electrons. The second-order valence-corrected chi connectivity index (χ2v) is 7.46. The lowest BCUT2D eigenvalue weighted by molar-refractivity contribution is 0.101. The molecular formula is C24H26N4O. The molecule has 0 unspecified atom stereocenters. The first-order chi connectivity index (χ1) is 14.2. The maximum atomic E-state index is 11.5. The Balaban J connectivity index is 1.68. The fraction of sp³-hybridized carbons (Fsp3) is 0.292. The second kappa shape index (κ2) is 8.86. The zero-order valence-electron chi connectivity index (χ0n) is 16.8. The number of hydrogen-bond donors (Lipinski definition) is 1. The van der Waals surface area contributed by atoms with E-state index >= 15 is 0 Å². The van der Waals surface area contributed by atoms with Crippen LogP contribution in [0.4, 0.5) is 17.3 Å². The molecule has 3 aromatic rings. The first-order valence-corrected chi connectivity index (χ1v) is 10.3. The monoisotopic (exact) mass is 386 g/mol. The molecule has 29 heavy (non-hydrogen) atoms. The summed E-state index contributed by atoms with van der Waals surface area (Å²) >= 11 is 0. The molecule has 1 aromatic heterocycles. The van der Waals surface area contributed by atoms with Gasteiger partial charge in [0.15, 0.2) is 11.6 Å². The molecule has 1 aliphatic heterocycles. The third-order valence-corrected chi connectivity index (χ3v) is 5.24. The Labute approximate surface area is 171 Å². The third kappa shape index (κ3) is 4.80. The van der Waals surface area contributed by atoms with Gasteiger partial charge in [-0.25, -0.2) is 9.97 Å². The molecule has 1 saturated heterocycles. The number of carbonyl (C=O) groups excluding carboxylic acids is 1. The van der Waals surface area contributed by atoms with Crippen LogP contribution in [0, 0.1) is 0 Å². The quantitative estimate of drug-likeness (QED) is 0.589. The van der Waals surface area contributed by atoms with Crippen LogP contribution in [0.2, 0.25) is 0 Å². The minimum atomic E-state index is 0.0633. The van der Waals surface area contributed by atoms with Gasteiger partial charge in [-0.05, 0) is 44.0 Å². The number of rotatable bonds is 5. The van der Waals surface area contributed by atoms with Crippen LogP contribution < -0.4 is 10.2 Å². The van der Waals surface area contributed by atoms with Gasteiger partial charge in [0.1, 0.15) is 11.6 Å². The van der Waals surface area contributed by atoms with Crippen LogP contribution in [0.5, 0.6) is 0 Å². The number of carbonyl (C=O) groups is 1. The van der Waals surface area contributed by atoms with E-state index < -0.39 is 0 Å². The SMILES string of the molecule is CC(=O)c1ccc(Nc2cc(N3CCCCCC3)nc(-c3ccccc3)n2)cc1. The standard InChI is InChI=1S/C24H26N4O/c1-18(29)19-11-13-21(14-12-19)25-22-17-23(28-15-7-2-3-8-16-28)27-24(26-22)20-9-5-4-6-10-20/h4-6,9-14,17H,2-3,7-8,15-16H2,1H3,(H,25,26,27). The Bertz CT molecular complexity index is 962. The minimum Gasteiger partial charge on any atom is -0.356 e. The van der Waals surface area contributed by atoms with E-state index in [1.54, 1.807) is 6.92 Å². The topological polar surface area (TPSA) is 58.1 Å². The highest BCUT2D eigenvalue weighted by Gasteiger charge is 2.15. The van der Waals surface area contributed by atoms with Crippen molar-refractivity contribution in [2.24, 2.45) is 0 Å². The number of Topliss-reactive ketones (excluding diaryl/α,β-unsaturated/α-hetero) is 1. The number of nitrogens with zero attached hydrogens (tertiary/aromatic N) is 3. The summed E-state index contributed by atoms with van der Waals surface area (Å²) in [4.78, 5) is 23.5. The Morgan fingerprint density at radius 2 is 1.59 bits per heavy atom. The number of ketones is 1. The van der Waals surface area contributed by atoms with Crippen molar-refractivity contribution in [2.45, 2.75) is 32.6 Å². The molecule has 0 saturated carbocycles. The molecule has 2 aromatic carbocycles. The highest BCUT2D eigenvalue weighted by atomic mass is 16.1. The minimum absolute atomic E-state index is 0.0633. The van der Waals surface area contributed by atoms with Gasteiger partial charge in [0, 0.05) is 36.0 Å². The Morgan fingerprint density at radius 1 is 0.897 bits per heavy atom. The van der Waals surface area contributed by atoms with Gasteiger partial charge in [0.25, 0.3) is 0 Å². The van der Waals surface area contributed by atoms with Crippen molar-refractivity contribution in [2.75, 3.05) is 23.3 Å². The molecule has 0 amide bonds. The molecule has 1 fully saturated rings. The predicted molar refractivity (Wildman–Crippen MR) is 118 cm³/mol. The Kier molecular flexibility index (Phi) is 5.84. The molecule has 0 bridgehead atoms. The van der Waals surface area contributed by atoms with E-state index in [-0.39, 0.29) is 5.78 Å². The van der Waals surface area contributed by atoms with Crippen molar-refractivity contribution in [3.05, 3.63) is 66.2 Å². The fourth-order valence-electron chi connectivity index (χ4n) is 3.61. The van der Waals surface area contributed by atoms with Gasteiger partial charge in [-0.15, -0.1) is 0 Å². The smallest absolute Gasteiger partial charge is 0.163 e. The van der Waals surface area contributed by atoms with Crippen molar-refractivity contribution in [1.29, 1.82) is 0 Å². The van der Waals surface area contributed by atoms with Crippen molar-refractivity contribution in [3.8, 4) is 11.4 Å². The number of benzene rings is 2. The molecule has 0 atom stereocenters. The lowest BCUT2D eigenvalue weighted by Gasteiger charge is -2.22. The van der Waals surface area contributed by atoms with Gasteiger partial charge in [-0.2, -0.15) is 0 Å². The van der Waals surface area contributed by atoms with Gasteiger partial charge in [-0.1, -0.05) is 43.2 Å². The van der Waals surface area contributed by atoms with E-state index in [0.29, 0.717) is 5.56 Å². The van der Waals surface area contributed by atoms with Gasteiger partial charge < -0.3 is 10.2 Å². The Hall–Kier alpha value is -3.21. The maximum absolute atomic E-state index is 11.5. The summed E-state index contributed by atoms with van der Waals surface area (Å²) in [5.74, 6) is 2.50. The van der Waals surface area contributed by atoms with Gasteiger partial charge in [0.05, 0.1) is 0 Å². The lowest BCUT2D eigenvalue weighted by Crippen LogP contribution is -2.25. The molecule has 1 N–H and O–H groups in total. The molecule has 5 nitrogen and oxygen atoms in total. The molecule has 5 heteroatoms. The lowest BCUT2D eigenvalue weighted by atomic mass is 10.1. The molecule has 148 valence electrons. The van der Waals surface area contributed by atoms with E-state index in [2.05, 4.69) is 10.2 Å². The number of hydrogen-bond acceptors (Lipinski definition) is 5. The summed E-state index contributed by atoms with van der Waals surface area (Å²) in [5, 5.41) is 3.39. The van der Waals surface area contributed by atoms with E-state index in [1.807, 2.05) is 60.7 Å². The highest BCUT2D eigenvalue weighted by molar-refractivity contribution is 5.94. The second-order valence-electron chi connectivity index (χ2n) is 7.46. The number of aromatic nitrogens is 2. The van der Waals surface area contributed by atoms with Gasteiger partial charge in [0.2, 0.25) is 0 Å². The van der Waals surface area contributed by atoms with Crippen LogP contribution in [0.3, 0.4) is 0 Å². The zero-order chi connectivity index (χ0) is 20.1. The molecule has 0 spiro atoms. The summed E-state index contributed by atoms with van der Waals surface area (Å²) in [6.07, 6.45) is 4.95. The third-order valence-electron chi connectivity index (χ3n) is 5.24. The van der Waals surface area contributed by atoms with Crippen molar-refractivity contribution in [3.63, 3.8) is 0 Å². The van der Waals surface area contributed by atoms with E-state index in [9.17, 15) is 4.79 Å². The normalized spacial score (nSPS) is 14.3. The van der Waals surface area contributed by atoms with Crippen LogP contribution >= 0.6 is 0 Å². The summed E-state index contributed by atoms with van der Waals surface area (Å²) < 4.78 is 0. The zero-order valence-corrected chi connectivity index (χ0v) is 16.8. The predicted octanol–water partition coefficient (Wildman–Crippen LogP) is 5.47. The molecule has 0 aliphatic carbocycles. The van der Waals surface area contributed by atoms with E-state index in [0.717, 1.165) is 41.8 Å². The van der Waals surface area contributed by atoms with Crippen LogP contribution in [0.1, 0.15) is 43.0 Å². The van der Waals surface area contributed by atoms with Crippen molar-refractivity contribution in [1.82, 2.24) is 9.97 Å². The Morgan fingerprint density at radius 3 is 2.24 bits per heavy atom. The number of anilines is 3. The van der Waals surface area contributed by atoms with E-state index in [4.69, 9.17) is 9.97 Å².